The van der Waals surface area contributed by atoms with Gasteiger partial charge < -0.3 is 91.6 Å². The fourth-order valence-corrected chi connectivity index (χ4v) is 7.67. The number of hydrogen-bond donors (Lipinski definition) is 17. The van der Waals surface area contributed by atoms with E-state index in [0.717, 1.165) is 0 Å². The number of carbonyl (C=O) groups is 10. The Morgan fingerprint density at radius 3 is 1.64 bits per heavy atom. The highest BCUT2D eigenvalue weighted by molar-refractivity contribution is 5.99. The summed E-state index contributed by atoms with van der Waals surface area (Å²) in [6.45, 7) is 5.30. The summed E-state index contributed by atoms with van der Waals surface area (Å²) in [6.07, 6.45) is -4.14. The molecule has 1 aliphatic rings. The number of carbonyl (C=O) groups excluding carboxylic acids is 10. The van der Waals surface area contributed by atoms with Crippen LogP contribution in [0.5, 0.6) is 0 Å². The summed E-state index contributed by atoms with van der Waals surface area (Å²) in [7, 11) is 1.62. The Hall–Kier alpha value is -6.36. The van der Waals surface area contributed by atoms with Gasteiger partial charge in [-0.3, -0.25) is 47.9 Å². The first kappa shape index (κ1) is 63.8. The van der Waals surface area contributed by atoms with E-state index in [0.29, 0.717) is 5.56 Å². The lowest BCUT2D eigenvalue weighted by Gasteiger charge is -2.28. The topological polar surface area (TPSA) is 448 Å². The molecule has 0 spiro atoms. The molecule has 0 aromatic heterocycles. The molecule has 0 saturated carbocycles. The zero-order valence-corrected chi connectivity index (χ0v) is 43.0. The summed E-state index contributed by atoms with van der Waals surface area (Å²) < 4.78 is 0. The minimum Gasteiger partial charge on any atom is -0.391 e. The molecule has 416 valence electrons. The first-order valence-corrected chi connectivity index (χ1v) is 25.0. The molecule has 11 atom stereocenters. The van der Waals surface area contributed by atoms with E-state index in [4.69, 9.17) is 22.9 Å². The van der Waals surface area contributed by atoms with Crippen LogP contribution in [0.4, 0.5) is 0 Å². The Kier molecular flexibility index (Phi) is 28.8. The highest BCUT2D eigenvalue weighted by atomic mass is 16.3. The predicted molar refractivity (Wildman–Crippen MR) is 271 cm³/mol. The Balaban J connectivity index is 2.74. The predicted octanol–water partition coefficient (Wildman–Crippen LogP) is -7.08. The van der Waals surface area contributed by atoms with Crippen molar-refractivity contribution in [2.75, 3.05) is 46.3 Å². The lowest BCUT2D eigenvalue weighted by Crippen LogP contribution is -2.61. The number of nitrogens with two attached hydrogens (primary N) is 4. The zero-order chi connectivity index (χ0) is 55.5. The van der Waals surface area contributed by atoms with Crippen molar-refractivity contribution in [1.82, 2.24) is 58.5 Å². The summed E-state index contributed by atoms with van der Waals surface area (Å²) >= 11 is 0. The number of benzene rings is 1. The molecule has 74 heavy (non-hydrogen) atoms. The van der Waals surface area contributed by atoms with Crippen molar-refractivity contribution in [3.63, 3.8) is 0 Å². The van der Waals surface area contributed by atoms with Crippen LogP contribution in [0.15, 0.2) is 30.3 Å². The molecule has 1 aromatic rings. The molecule has 1 aromatic carbocycles. The Morgan fingerprint density at radius 2 is 1.14 bits per heavy atom. The van der Waals surface area contributed by atoms with Gasteiger partial charge in [-0.05, 0) is 97.1 Å². The number of amides is 10. The number of hydrogen-bond acceptors (Lipinski definition) is 17. The molecule has 27 nitrogen and oxygen atoms in total. The van der Waals surface area contributed by atoms with Crippen LogP contribution in [-0.4, -0.2) is 182 Å². The van der Waals surface area contributed by atoms with Gasteiger partial charge in [0, 0.05) is 25.9 Å². The van der Waals surface area contributed by atoms with Crippen LogP contribution in [0, 0.1) is 5.92 Å². The summed E-state index contributed by atoms with van der Waals surface area (Å²) in [5.41, 5.74) is 24.0. The maximum absolute atomic E-state index is 14.4. The molecule has 10 amide bonds. The van der Waals surface area contributed by atoms with Crippen molar-refractivity contribution >= 4 is 59.1 Å². The van der Waals surface area contributed by atoms with Crippen molar-refractivity contribution in [3.8, 4) is 0 Å². The molecule has 1 saturated heterocycles. The summed E-state index contributed by atoms with van der Waals surface area (Å²) in [6, 6.07) is -4.52. The molecule has 1 aliphatic heterocycles. The standard InChI is InChI=1S/C47H81N15O12/c1-25(2)23-34-44(71)56-29(11-17-48)39(66)55-32(14-20-51)43(70)62-37(26(3)63)46(73)53-22-15-33(57-40(67)31(13-19-50)58-47(74)38(27(4)64)61-36(65)16-21-52-5)42(69)54-30(12-18-49)41(68)60-35(45(72)59-34)24-28-9-7-6-8-10-28/h6-10,25-27,29-35,37-38,52,63-64H,11-24,48-51H2,1-5H3,(H,53,73)(H,54,69)(H,55,66)(H,56,71)(H,57,67)(H,58,74)(H,59,72)(H,60,68)(H,61,65)(H,62,70)/t26?,27?,29-,30-,31-,32-,33-,34-,35+,37-,38-/m0/s1. The molecular weight excluding hydrogens is 967 g/mol. The van der Waals surface area contributed by atoms with Crippen molar-refractivity contribution in [3.05, 3.63) is 35.9 Å². The minimum atomic E-state index is -1.66. The largest absolute Gasteiger partial charge is 0.391 e. The fraction of sp³-hybridized carbons (Fsp3) is 0.660. The van der Waals surface area contributed by atoms with Crippen LogP contribution in [0.2, 0.25) is 0 Å². The van der Waals surface area contributed by atoms with E-state index in [1.165, 1.54) is 13.8 Å². The molecule has 1 heterocycles. The molecule has 27 heteroatoms. The van der Waals surface area contributed by atoms with E-state index >= 15 is 0 Å². The molecular formula is C47H81N15O12. The van der Waals surface area contributed by atoms with Crippen LogP contribution in [0.3, 0.4) is 0 Å². The number of aliphatic hydroxyl groups excluding tert-OH is 2. The Bertz CT molecular complexity index is 2010. The van der Waals surface area contributed by atoms with Gasteiger partial charge in [-0.25, -0.2) is 0 Å². The van der Waals surface area contributed by atoms with Crippen molar-refractivity contribution < 1.29 is 58.2 Å². The average Bonchev–Trinajstić information content (AvgIpc) is 3.34. The van der Waals surface area contributed by atoms with E-state index in [-0.39, 0.29) is 83.6 Å². The Morgan fingerprint density at radius 1 is 0.635 bits per heavy atom. The van der Waals surface area contributed by atoms with E-state index in [9.17, 15) is 58.2 Å². The van der Waals surface area contributed by atoms with Crippen LogP contribution in [0.1, 0.15) is 78.2 Å². The fourth-order valence-electron chi connectivity index (χ4n) is 7.67. The maximum Gasteiger partial charge on any atom is 0.245 e. The van der Waals surface area contributed by atoms with Gasteiger partial charge in [0.05, 0.1) is 12.2 Å². The lowest BCUT2D eigenvalue weighted by molar-refractivity contribution is -0.136. The number of nitrogens with one attached hydrogen (secondary N) is 11. The lowest BCUT2D eigenvalue weighted by atomic mass is 10.00. The average molecular weight is 1050 g/mol. The number of rotatable bonds is 22. The molecule has 2 rings (SSSR count). The SMILES string of the molecule is CNCCC(=O)N[C@H](C(=O)N[C@@H](CCN)C(=O)N[C@H]1CCNC(=O)[C@H](C(C)O)NC(=O)[C@H](CCN)NC(=O)[C@H](CCN)NC(=O)[C@H](CC(C)C)NC(=O)[C@@H](Cc2ccccc2)NC(=O)[C@H](CCN)NC1=O)C(C)O. The quantitative estimate of drug-likeness (QED) is 0.0513. The summed E-state index contributed by atoms with van der Waals surface area (Å²) in [5.74, 6) is -8.95. The highest BCUT2D eigenvalue weighted by Gasteiger charge is 2.37. The maximum atomic E-state index is 14.4. The molecule has 0 aliphatic carbocycles. The van der Waals surface area contributed by atoms with Crippen LogP contribution < -0.4 is 81.4 Å². The summed E-state index contributed by atoms with van der Waals surface area (Å²) in [5, 5.41) is 49.3. The zero-order valence-electron chi connectivity index (χ0n) is 43.0. The van der Waals surface area contributed by atoms with Gasteiger partial charge in [0.15, 0.2) is 0 Å². The van der Waals surface area contributed by atoms with E-state index < -0.39 is 139 Å². The van der Waals surface area contributed by atoms with Gasteiger partial charge in [-0.1, -0.05) is 44.2 Å². The highest BCUT2D eigenvalue weighted by Crippen LogP contribution is 2.11. The second kappa shape index (κ2) is 33.5. The smallest absolute Gasteiger partial charge is 0.245 e. The van der Waals surface area contributed by atoms with Crippen LogP contribution >= 0.6 is 0 Å². The van der Waals surface area contributed by atoms with Crippen molar-refractivity contribution in [2.24, 2.45) is 28.9 Å². The third-order valence-corrected chi connectivity index (χ3v) is 11.7. The molecule has 1 fully saturated rings. The van der Waals surface area contributed by atoms with Crippen LogP contribution in [-0.2, 0) is 54.4 Å². The second-order valence-electron chi connectivity index (χ2n) is 18.5. The molecule has 0 bridgehead atoms. The van der Waals surface area contributed by atoms with Gasteiger partial charge in [-0.15, -0.1) is 0 Å². The van der Waals surface area contributed by atoms with Crippen LogP contribution in [0.25, 0.3) is 0 Å². The Labute approximate surface area is 431 Å². The van der Waals surface area contributed by atoms with Crippen molar-refractivity contribution in [2.45, 2.75) is 146 Å². The van der Waals surface area contributed by atoms with Gasteiger partial charge in [-0.2, -0.15) is 0 Å². The van der Waals surface area contributed by atoms with Gasteiger partial charge in [0.1, 0.15) is 54.4 Å². The summed E-state index contributed by atoms with van der Waals surface area (Å²) in [4.78, 5) is 138. The third kappa shape index (κ3) is 22.0. The van der Waals surface area contributed by atoms with E-state index in [1.54, 1.807) is 51.2 Å². The molecule has 21 N–H and O–H groups in total. The molecule has 0 radical (unpaired) electrons. The van der Waals surface area contributed by atoms with Gasteiger partial charge >= 0.3 is 0 Å². The number of aliphatic hydroxyl groups is 2. The molecule has 2 unspecified atom stereocenters. The van der Waals surface area contributed by atoms with Gasteiger partial charge in [0.25, 0.3) is 0 Å². The van der Waals surface area contributed by atoms with E-state index in [2.05, 4.69) is 58.5 Å². The first-order chi connectivity index (χ1) is 35.1. The first-order valence-electron chi connectivity index (χ1n) is 25.0. The van der Waals surface area contributed by atoms with E-state index in [1.807, 2.05) is 0 Å². The second-order valence-corrected chi connectivity index (χ2v) is 18.5. The van der Waals surface area contributed by atoms with Crippen molar-refractivity contribution in [1.29, 1.82) is 0 Å². The normalized spacial score (nSPS) is 23.7. The van der Waals surface area contributed by atoms with Gasteiger partial charge in [0.2, 0.25) is 59.1 Å². The minimum absolute atomic E-state index is 0.0397. The monoisotopic (exact) mass is 1050 g/mol. The third-order valence-electron chi connectivity index (χ3n) is 11.7.